The lowest BCUT2D eigenvalue weighted by Crippen LogP contribution is -2.06. The van der Waals surface area contributed by atoms with E-state index in [9.17, 15) is 4.79 Å². The number of aromatic nitrogens is 2. The third kappa shape index (κ3) is 5.66. The Bertz CT molecular complexity index is 1120. The molecule has 3 rings (SSSR count). The van der Waals surface area contributed by atoms with Crippen LogP contribution in [0.15, 0.2) is 51.6 Å². The van der Waals surface area contributed by atoms with Crippen LogP contribution in [0.3, 0.4) is 0 Å². The van der Waals surface area contributed by atoms with E-state index in [2.05, 4.69) is 27.3 Å². The lowest BCUT2D eigenvalue weighted by Gasteiger charge is -2.10. The maximum Gasteiger partial charge on any atom is 0.368 e. The second-order valence-electron chi connectivity index (χ2n) is 6.20. The van der Waals surface area contributed by atoms with Gasteiger partial charge in [-0.2, -0.15) is 9.97 Å². The van der Waals surface area contributed by atoms with Crippen molar-refractivity contribution >= 4 is 35.0 Å². The predicted molar refractivity (Wildman–Crippen MR) is 117 cm³/mol. The van der Waals surface area contributed by atoms with E-state index in [0.29, 0.717) is 27.5 Å². The van der Waals surface area contributed by atoms with E-state index < -0.39 is 5.97 Å². The van der Waals surface area contributed by atoms with Crippen molar-refractivity contribution in [2.24, 2.45) is 5.16 Å². The highest BCUT2D eigenvalue weighted by Gasteiger charge is 2.20. The van der Waals surface area contributed by atoms with Crippen molar-refractivity contribution < 1.29 is 19.1 Å². The molecule has 0 N–H and O–H groups in total. The molecule has 0 radical (unpaired) electrons. The number of halogens is 1. The molecule has 0 unspecified atom stereocenters. The molecule has 3 aromatic rings. The molecule has 7 nitrogen and oxygen atoms in total. The van der Waals surface area contributed by atoms with Crippen molar-refractivity contribution in [1.82, 2.24) is 9.97 Å². The van der Waals surface area contributed by atoms with E-state index in [0.717, 1.165) is 22.9 Å². The number of aryl methyl sites for hydroxylation is 1. The van der Waals surface area contributed by atoms with Crippen molar-refractivity contribution in [2.75, 3.05) is 14.2 Å². The molecule has 0 bridgehead atoms. The summed E-state index contributed by atoms with van der Waals surface area (Å²) in [6, 6.07) is 16.0. The normalized spacial score (nSPS) is 10.9. The van der Waals surface area contributed by atoms with Gasteiger partial charge in [0.05, 0.1) is 36.6 Å². The number of hydrogen-bond acceptors (Lipinski definition) is 8. The van der Waals surface area contributed by atoms with Crippen LogP contribution in [-0.4, -0.2) is 35.9 Å². The third-order valence-electron chi connectivity index (χ3n) is 4.01. The number of carbonyl (C=O) groups is 1. The van der Waals surface area contributed by atoms with Crippen LogP contribution in [0, 0.1) is 19.1 Å². The fourth-order valence-electron chi connectivity index (χ4n) is 2.48. The Kier molecular flexibility index (Phi) is 7.34. The van der Waals surface area contributed by atoms with Crippen molar-refractivity contribution in [3.05, 3.63) is 70.2 Å². The monoisotopic (exact) mass is 455 g/mol. The molecule has 158 valence electrons. The van der Waals surface area contributed by atoms with Gasteiger partial charge in [-0.25, -0.2) is 4.79 Å². The molecule has 0 aliphatic rings. The first-order valence-electron chi connectivity index (χ1n) is 9.01. The quantitative estimate of drug-likeness (QED) is 0.219. The molecular weight excluding hydrogens is 438 g/mol. The first-order chi connectivity index (χ1) is 14.9. The standard InChI is InChI=1S/C22H18ClN3O4S/c1-13-7-5-8-15(11-13)14(2)26-30-21(27)20-16(23)9-6-10-17(20)31-22-24-18(28-3)12-19(25-22)29-4/h6,8-12H,1-4H3/b26-14+. The van der Waals surface area contributed by atoms with Crippen LogP contribution in [0.25, 0.3) is 0 Å². The Morgan fingerprint density at radius 3 is 2.52 bits per heavy atom. The molecule has 2 aromatic carbocycles. The van der Waals surface area contributed by atoms with E-state index >= 15 is 0 Å². The van der Waals surface area contributed by atoms with Crippen molar-refractivity contribution in [1.29, 1.82) is 0 Å². The highest BCUT2D eigenvalue weighted by molar-refractivity contribution is 7.99. The lowest BCUT2D eigenvalue weighted by atomic mass is 10.1. The van der Waals surface area contributed by atoms with Gasteiger partial charge in [0, 0.05) is 10.5 Å². The number of oxime groups is 1. The Labute approximate surface area is 189 Å². The number of hydrogen-bond donors (Lipinski definition) is 0. The minimum absolute atomic E-state index is 0.153. The average molecular weight is 456 g/mol. The third-order valence-corrected chi connectivity index (χ3v) is 5.25. The highest BCUT2D eigenvalue weighted by atomic mass is 35.5. The van der Waals surface area contributed by atoms with Crippen molar-refractivity contribution in [3.63, 3.8) is 0 Å². The summed E-state index contributed by atoms with van der Waals surface area (Å²) in [5.41, 5.74) is 2.34. The number of benzene rings is 1. The molecular formula is C22H18ClN3O4S. The van der Waals surface area contributed by atoms with Gasteiger partial charge < -0.3 is 14.3 Å². The summed E-state index contributed by atoms with van der Waals surface area (Å²) in [6.07, 6.45) is 0. The second kappa shape index (κ2) is 10.2. The van der Waals surface area contributed by atoms with E-state index in [-0.39, 0.29) is 10.6 Å². The van der Waals surface area contributed by atoms with Gasteiger partial charge in [-0.1, -0.05) is 35.0 Å². The molecule has 1 aromatic heterocycles. The fourth-order valence-corrected chi connectivity index (χ4v) is 3.70. The summed E-state index contributed by atoms with van der Waals surface area (Å²) in [5, 5.41) is 4.49. The average Bonchev–Trinajstić information content (AvgIpc) is 2.77. The molecule has 0 saturated carbocycles. The summed E-state index contributed by atoms with van der Waals surface area (Å²) >= 11 is 7.42. The smallest absolute Gasteiger partial charge is 0.368 e. The van der Waals surface area contributed by atoms with Crippen molar-refractivity contribution in [3.8, 4) is 11.8 Å². The summed E-state index contributed by atoms with van der Waals surface area (Å²) in [5.74, 6) is -0.0497. The van der Waals surface area contributed by atoms with Crippen LogP contribution < -0.4 is 9.47 Å². The highest BCUT2D eigenvalue weighted by Crippen LogP contribution is 2.34. The SMILES string of the molecule is COc1cc(OC)nc(Sc2cccc(Cl)c2C(=O)O/N=C(\C)c2cc#cc(C)c2)n1. The van der Waals surface area contributed by atoms with Crippen LogP contribution in [0.1, 0.15) is 28.4 Å². The van der Waals surface area contributed by atoms with Gasteiger partial charge in [0.15, 0.2) is 5.16 Å². The zero-order valence-electron chi connectivity index (χ0n) is 17.2. The maximum absolute atomic E-state index is 12.8. The number of nitrogens with zero attached hydrogens (tertiary/aromatic N) is 3. The van der Waals surface area contributed by atoms with Crippen molar-refractivity contribution in [2.45, 2.75) is 23.9 Å². The van der Waals surface area contributed by atoms with Crippen LogP contribution in [0.5, 0.6) is 11.8 Å². The molecule has 0 aliphatic carbocycles. The molecule has 9 heteroatoms. The number of methoxy groups -OCH3 is 2. The molecule has 1 heterocycles. The molecule has 0 saturated heterocycles. The van der Waals surface area contributed by atoms with Crippen LogP contribution in [0.2, 0.25) is 5.02 Å². The Morgan fingerprint density at radius 2 is 1.87 bits per heavy atom. The largest absolute Gasteiger partial charge is 0.481 e. The molecule has 0 amide bonds. The zero-order chi connectivity index (χ0) is 22.4. The predicted octanol–water partition coefficient (Wildman–Crippen LogP) is 4.79. The summed E-state index contributed by atoms with van der Waals surface area (Å²) < 4.78 is 10.3. The second-order valence-corrected chi connectivity index (χ2v) is 7.62. The van der Waals surface area contributed by atoms with Gasteiger partial charge in [0.2, 0.25) is 11.8 Å². The fraction of sp³-hybridized carbons (Fsp3) is 0.182. The van der Waals surface area contributed by atoms with Gasteiger partial charge in [0.1, 0.15) is 0 Å². The first kappa shape index (κ1) is 22.4. The number of ether oxygens (including phenoxy) is 2. The van der Waals surface area contributed by atoms with E-state index in [1.54, 1.807) is 37.3 Å². The summed E-state index contributed by atoms with van der Waals surface area (Å²) in [6.45, 7) is 3.62. The van der Waals surface area contributed by atoms with Gasteiger partial charge in [-0.3, -0.25) is 0 Å². The van der Waals surface area contributed by atoms with Crippen LogP contribution in [-0.2, 0) is 4.84 Å². The Morgan fingerprint density at radius 1 is 1.16 bits per heavy atom. The van der Waals surface area contributed by atoms with E-state index in [1.807, 2.05) is 13.0 Å². The van der Waals surface area contributed by atoms with Crippen LogP contribution >= 0.6 is 23.4 Å². The number of carbonyl (C=O) groups excluding carboxylic acids is 1. The molecule has 31 heavy (non-hydrogen) atoms. The molecule has 0 atom stereocenters. The van der Waals surface area contributed by atoms with E-state index in [4.69, 9.17) is 25.9 Å². The minimum Gasteiger partial charge on any atom is -0.481 e. The first-order valence-corrected chi connectivity index (χ1v) is 10.2. The van der Waals surface area contributed by atoms with E-state index in [1.165, 1.54) is 14.2 Å². The molecule has 0 spiro atoms. The van der Waals surface area contributed by atoms with Gasteiger partial charge in [-0.05, 0) is 55.4 Å². The summed E-state index contributed by atoms with van der Waals surface area (Å²) in [4.78, 5) is 27.0. The minimum atomic E-state index is -0.703. The molecule has 0 aliphatic heterocycles. The maximum atomic E-state index is 12.8. The lowest BCUT2D eigenvalue weighted by molar-refractivity contribution is 0.0512. The van der Waals surface area contributed by atoms with Gasteiger partial charge in [-0.15, -0.1) is 0 Å². The van der Waals surface area contributed by atoms with Gasteiger partial charge >= 0.3 is 5.97 Å². The number of rotatable bonds is 7. The van der Waals surface area contributed by atoms with Gasteiger partial charge in [0.25, 0.3) is 0 Å². The molecule has 0 fully saturated rings. The zero-order valence-corrected chi connectivity index (χ0v) is 18.8. The van der Waals surface area contributed by atoms with Crippen LogP contribution in [0.4, 0.5) is 0 Å². The Hall–Kier alpha value is -3.28. The summed E-state index contributed by atoms with van der Waals surface area (Å²) in [7, 11) is 2.98. The Balaban J connectivity index is 1.87. The topological polar surface area (TPSA) is 82.9 Å².